The lowest BCUT2D eigenvalue weighted by Gasteiger charge is -2.29. The number of anilines is 1. The maximum absolute atomic E-state index is 11.7. The van der Waals surface area contributed by atoms with E-state index >= 15 is 0 Å². The molecule has 2 rings (SSSR count). The minimum absolute atomic E-state index is 0.124. The van der Waals surface area contributed by atoms with Crippen molar-refractivity contribution >= 4 is 11.9 Å². The molecular formula is C11H11N3O3. The molecule has 1 aliphatic heterocycles. The summed E-state index contributed by atoms with van der Waals surface area (Å²) < 4.78 is 10.3. The Morgan fingerprint density at radius 2 is 2.65 bits per heavy atom. The Morgan fingerprint density at radius 3 is 3.35 bits per heavy atom. The molecule has 0 bridgehead atoms. The van der Waals surface area contributed by atoms with E-state index in [1.165, 1.54) is 4.90 Å². The zero-order chi connectivity index (χ0) is 12.3. The Labute approximate surface area is 98.4 Å². The molecule has 17 heavy (non-hydrogen) atoms. The van der Waals surface area contributed by atoms with Gasteiger partial charge >= 0.3 is 6.09 Å². The standard InChI is InChI=1S/C11H11N3O3/c1-2-16-11(15)14-7-8(6-12)17-9-4-3-5-13-10(9)14/h3-5,8H,2,7H2,1H3. The monoisotopic (exact) mass is 233 g/mol. The molecule has 1 aliphatic rings. The number of nitrogens with zero attached hydrogens (tertiary/aromatic N) is 3. The molecule has 1 aromatic rings. The summed E-state index contributed by atoms with van der Waals surface area (Å²) in [6, 6.07) is 5.32. The molecule has 0 aliphatic carbocycles. The SMILES string of the molecule is CCOC(=O)N1CC(C#N)Oc2cccnc21. The smallest absolute Gasteiger partial charge is 0.415 e. The predicted molar refractivity (Wildman–Crippen MR) is 58.6 cm³/mol. The second kappa shape index (κ2) is 4.70. The van der Waals surface area contributed by atoms with E-state index in [1.807, 2.05) is 6.07 Å². The topological polar surface area (TPSA) is 75.5 Å². The molecule has 0 fully saturated rings. The molecule has 0 spiro atoms. The molecule has 1 amide bonds. The predicted octanol–water partition coefficient (Wildman–Crippen LogP) is 1.33. The number of rotatable bonds is 1. The summed E-state index contributed by atoms with van der Waals surface area (Å²) in [5, 5.41) is 8.87. The van der Waals surface area contributed by atoms with Gasteiger partial charge in [-0.2, -0.15) is 5.26 Å². The largest absolute Gasteiger partial charge is 0.470 e. The fourth-order valence-corrected chi connectivity index (χ4v) is 1.55. The number of pyridine rings is 1. The fourth-order valence-electron chi connectivity index (χ4n) is 1.55. The number of fused-ring (bicyclic) bond motifs is 1. The maximum atomic E-state index is 11.7. The second-order valence-corrected chi connectivity index (χ2v) is 3.37. The molecular weight excluding hydrogens is 222 g/mol. The second-order valence-electron chi connectivity index (χ2n) is 3.37. The minimum Gasteiger partial charge on any atom is -0.470 e. The molecule has 6 heteroatoms. The fraction of sp³-hybridized carbons (Fsp3) is 0.364. The molecule has 0 saturated carbocycles. The van der Waals surface area contributed by atoms with Crippen LogP contribution in [0.25, 0.3) is 0 Å². The van der Waals surface area contributed by atoms with Crippen LogP contribution in [0.5, 0.6) is 5.75 Å². The van der Waals surface area contributed by atoms with Crippen molar-refractivity contribution in [2.75, 3.05) is 18.1 Å². The number of carbonyl (C=O) groups is 1. The highest BCUT2D eigenvalue weighted by Gasteiger charge is 2.31. The molecule has 0 aromatic carbocycles. The average molecular weight is 233 g/mol. The van der Waals surface area contributed by atoms with Crippen LogP contribution >= 0.6 is 0 Å². The molecule has 0 saturated heterocycles. The molecule has 6 nitrogen and oxygen atoms in total. The zero-order valence-electron chi connectivity index (χ0n) is 9.29. The average Bonchev–Trinajstić information content (AvgIpc) is 2.37. The van der Waals surface area contributed by atoms with E-state index in [1.54, 1.807) is 25.3 Å². The van der Waals surface area contributed by atoms with Gasteiger partial charge in [0.25, 0.3) is 0 Å². The van der Waals surface area contributed by atoms with Crippen molar-refractivity contribution < 1.29 is 14.3 Å². The van der Waals surface area contributed by atoms with E-state index in [4.69, 9.17) is 14.7 Å². The van der Waals surface area contributed by atoms with Crippen molar-refractivity contribution in [3.8, 4) is 11.8 Å². The first-order valence-electron chi connectivity index (χ1n) is 5.21. The summed E-state index contributed by atoms with van der Waals surface area (Å²) in [4.78, 5) is 17.1. The summed E-state index contributed by atoms with van der Waals surface area (Å²) in [5.41, 5.74) is 0. The van der Waals surface area contributed by atoms with Gasteiger partial charge in [0.2, 0.25) is 6.10 Å². The number of aromatic nitrogens is 1. The van der Waals surface area contributed by atoms with Gasteiger partial charge < -0.3 is 9.47 Å². The summed E-state index contributed by atoms with van der Waals surface area (Å²) in [6.45, 7) is 2.12. The number of amides is 1. The Balaban J connectivity index is 2.33. The lowest BCUT2D eigenvalue weighted by Crippen LogP contribution is -2.43. The Hall–Kier alpha value is -2.29. The maximum Gasteiger partial charge on any atom is 0.415 e. The molecule has 0 radical (unpaired) electrons. The van der Waals surface area contributed by atoms with E-state index in [-0.39, 0.29) is 13.2 Å². The highest BCUT2D eigenvalue weighted by Crippen LogP contribution is 2.30. The van der Waals surface area contributed by atoms with Crippen molar-refractivity contribution in [3.05, 3.63) is 18.3 Å². The summed E-state index contributed by atoms with van der Waals surface area (Å²) in [6.07, 6.45) is 0.341. The lowest BCUT2D eigenvalue weighted by atomic mass is 10.2. The Kier molecular flexibility index (Phi) is 3.10. The number of ether oxygens (including phenoxy) is 2. The van der Waals surface area contributed by atoms with Gasteiger partial charge in [0, 0.05) is 6.20 Å². The summed E-state index contributed by atoms with van der Waals surface area (Å²) >= 11 is 0. The van der Waals surface area contributed by atoms with Gasteiger partial charge in [0.1, 0.15) is 6.07 Å². The van der Waals surface area contributed by atoms with Crippen LogP contribution in [0.2, 0.25) is 0 Å². The van der Waals surface area contributed by atoms with E-state index in [2.05, 4.69) is 4.98 Å². The quantitative estimate of drug-likeness (QED) is 0.731. The van der Waals surface area contributed by atoms with Crippen molar-refractivity contribution in [1.82, 2.24) is 4.98 Å². The number of carbonyl (C=O) groups excluding carboxylic acids is 1. The van der Waals surface area contributed by atoms with Gasteiger partial charge in [-0.1, -0.05) is 0 Å². The summed E-state index contributed by atoms with van der Waals surface area (Å²) in [7, 11) is 0. The van der Waals surface area contributed by atoms with E-state index < -0.39 is 12.2 Å². The van der Waals surface area contributed by atoms with Gasteiger partial charge in [0.05, 0.1) is 13.2 Å². The van der Waals surface area contributed by atoms with E-state index in [9.17, 15) is 4.79 Å². The third-order valence-electron chi connectivity index (χ3n) is 2.26. The molecule has 2 heterocycles. The van der Waals surface area contributed by atoms with Crippen molar-refractivity contribution in [1.29, 1.82) is 5.26 Å². The molecule has 1 atom stereocenters. The van der Waals surface area contributed by atoms with Crippen LogP contribution in [0.1, 0.15) is 6.92 Å². The van der Waals surface area contributed by atoms with E-state index in [0.29, 0.717) is 11.6 Å². The van der Waals surface area contributed by atoms with Gasteiger partial charge in [-0.3, -0.25) is 4.90 Å². The first kappa shape index (κ1) is 11.2. The first-order valence-corrected chi connectivity index (χ1v) is 5.21. The molecule has 0 N–H and O–H groups in total. The van der Waals surface area contributed by atoms with Crippen LogP contribution in [0.15, 0.2) is 18.3 Å². The van der Waals surface area contributed by atoms with Gasteiger partial charge in [0.15, 0.2) is 11.6 Å². The van der Waals surface area contributed by atoms with Crippen LogP contribution in [-0.2, 0) is 4.74 Å². The third-order valence-corrected chi connectivity index (χ3v) is 2.26. The summed E-state index contributed by atoms with van der Waals surface area (Å²) in [5.74, 6) is 0.802. The normalized spacial score (nSPS) is 17.6. The van der Waals surface area contributed by atoms with Crippen LogP contribution in [0.3, 0.4) is 0 Å². The van der Waals surface area contributed by atoms with Gasteiger partial charge in [-0.15, -0.1) is 0 Å². The van der Waals surface area contributed by atoms with Crippen LogP contribution < -0.4 is 9.64 Å². The van der Waals surface area contributed by atoms with Crippen LogP contribution in [-0.4, -0.2) is 30.3 Å². The molecule has 1 unspecified atom stereocenters. The number of nitriles is 1. The Bertz CT molecular complexity index is 469. The van der Waals surface area contributed by atoms with Gasteiger partial charge in [-0.05, 0) is 19.1 Å². The lowest BCUT2D eigenvalue weighted by molar-refractivity contribution is 0.152. The van der Waals surface area contributed by atoms with Crippen molar-refractivity contribution in [2.45, 2.75) is 13.0 Å². The zero-order valence-corrected chi connectivity index (χ0v) is 9.29. The Morgan fingerprint density at radius 1 is 1.82 bits per heavy atom. The van der Waals surface area contributed by atoms with Crippen molar-refractivity contribution in [2.24, 2.45) is 0 Å². The molecule has 1 aromatic heterocycles. The molecule has 88 valence electrons. The number of hydrogen-bond donors (Lipinski definition) is 0. The van der Waals surface area contributed by atoms with Gasteiger partial charge in [-0.25, -0.2) is 9.78 Å². The highest BCUT2D eigenvalue weighted by molar-refractivity contribution is 5.88. The first-order chi connectivity index (χ1) is 8.26. The third kappa shape index (κ3) is 2.13. The van der Waals surface area contributed by atoms with Crippen molar-refractivity contribution in [3.63, 3.8) is 0 Å². The van der Waals surface area contributed by atoms with Crippen LogP contribution in [0, 0.1) is 11.3 Å². The van der Waals surface area contributed by atoms with Crippen LogP contribution in [0.4, 0.5) is 10.6 Å². The number of hydrogen-bond acceptors (Lipinski definition) is 5. The highest BCUT2D eigenvalue weighted by atomic mass is 16.6. The minimum atomic E-state index is -0.698. The van der Waals surface area contributed by atoms with E-state index in [0.717, 1.165) is 0 Å².